The minimum atomic E-state index is -4.52. The molecule has 4 aromatic carbocycles. The molecule has 0 radical (unpaired) electrons. The fourth-order valence-corrected chi connectivity index (χ4v) is 13.9. The van der Waals surface area contributed by atoms with E-state index < -0.39 is 62.6 Å². The van der Waals surface area contributed by atoms with Crippen LogP contribution >= 0.6 is 7.82 Å². The molecule has 1 amide bonds. The van der Waals surface area contributed by atoms with Gasteiger partial charge in [-0.1, -0.05) is 315 Å². The Morgan fingerprint density at radius 3 is 1.42 bits per heavy atom. The summed E-state index contributed by atoms with van der Waals surface area (Å²) in [4.78, 5) is 44.0. The number of rotatable bonds is 51. The van der Waals surface area contributed by atoms with Crippen LogP contribution in [0.5, 0.6) is 0 Å². The van der Waals surface area contributed by atoms with Crippen molar-refractivity contribution in [2.45, 2.75) is 308 Å². The molecule has 1 saturated heterocycles. The molecule has 13 nitrogen and oxygen atoms in total. The molecule has 2 fully saturated rings. The van der Waals surface area contributed by atoms with Gasteiger partial charge >= 0.3 is 19.8 Å². The SMILES string of the molecule is CCCCCCCCCCCCCC(=O)O[C@H](CCCCCCCCCCC)CC(=O)OC1C(NC(=O)C[C@@H](CCCCCCCCCCC)OCc2ccccc2)C(OP(=O)(OCc2ccccc2)OCc2ccccc2)CC2COC(c3ccccc3)OC21. The number of amides is 1. The Bertz CT molecular complexity index is 2490. The van der Waals surface area contributed by atoms with Crippen LogP contribution in [-0.2, 0) is 76.0 Å². The van der Waals surface area contributed by atoms with Crippen molar-refractivity contribution in [3.63, 3.8) is 0 Å². The highest BCUT2D eigenvalue weighted by Gasteiger charge is 2.54. The molecular weight excluding hydrogens is 1160 g/mol. The quantitative estimate of drug-likeness (QED) is 0.0254. The molecule has 1 aliphatic heterocycles. The Hall–Kier alpha value is -4.72. The zero-order valence-corrected chi connectivity index (χ0v) is 57.0. The minimum absolute atomic E-state index is 0.000999. The number of carbonyl (C=O) groups excluding carboxylic acids is 3. The highest BCUT2D eigenvalue weighted by Crippen LogP contribution is 2.55. The number of hydrogen-bond acceptors (Lipinski definition) is 12. The number of esters is 2. The second-order valence-electron chi connectivity index (χ2n) is 25.8. The number of nitrogens with one attached hydrogen (secondary N) is 1. The molecule has 14 heteroatoms. The molecule has 0 bridgehead atoms. The molecule has 1 saturated carbocycles. The Balaban J connectivity index is 1.27. The number of benzene rings is 4. The van der Waals surface area contributed by atoms with Gasteiger partial charge < -0.3 is 29.0 Å². The molecule has 1 heterocycles. The standard InChI is InChI=1S/C77H116NO12P/c1-4-7-10-13-16-19-20-23-26-29-44-55-72(80)87-69(54-43-28-25-22-18-15-12-9-6-3)58-73(81)88-76-74(78-71(79)57-68(83-59-63-45-34-30-35-46-63)53-42-27-24-21-17-14-11-8-5-2)70(56-67-62-84-77(89-75(67)76)66-51-40-33-41-52-66)90-91(82,85-60-64-47-36-31-37-48-64)86-61-65-49-38-32-39-50-65/h30-41,45-52,67-70,74-77H,4-29,42-44,53-62H2,1-3H3,(H,78,79)/t67?,68-,69-,70?,74?,75?,76?,77?/m1/s1. The van der Waals surface area contributed by atoms with Crippen molar-refractivity contribution >= 4 is 25.7 Å². The minimum Gasteiger partial charge on any atom is -0.462 e. The lowest BCUT2D eigenvalue weighted by atomic mass is 9.78. The van der Waals surface area contributed by atoms with Crippen molar-refractivity contribution in [1.29, 1.82) is 0 Å². The summed E-state index contributed by atoms with van der Waals surface area (Å²) in [6.07, 6.45) is 29.7. The highest BCUT2D eigenvalue weighted by molar-refractivity contribution is 7.48. The highest BCUT2D eigenvalue weighted by atomic mass is 31.2. The van der Waals surface area contributed by atoms with E-state index in [9.17, 15) is 4.79 Å². The third-order valence-electron chi connectivity index (χ3n) is 17.9. The van der Waals surface area contributed by atoms with Crippen molar-refractivity contribution in [3.8, 4) is 0 Å². The summed E-state index contributed by atoms with van der Waals surface area (Å²) in [5.74, 6) is -1.75. The summed E-state index contributed by atoms with van der Waals surface area (Å²) in [6.45, 7) is 7.03. The predicted molar refractivity (Wildman–Crippen MR) is 364 cm³/mol. The second kappa shape index (κ2) is 46.4. The van der Waals surface area contributed by atoms with E-state index in [0.29, 0.717) is 19.4 Å². The van der Waals surface area contributed by atoms with Gasteiger partial charge in [0.05, 0.1) is 57.5 Å². The Morgan fingerprint density at radius 1 is 0.505 bits per heavy atom. The number of hydrogen-bond donors (Lipinski definition) is 1. The fourth-order valence-electron chi connectivity index (χ4n) is 12.6. The van der Waals surface area contributed by atoms with E-state index >= 15 is 14.2 Å². The van der Waals surface area contributed by atoms with Crippen LogP contribution in [0.2, 0.25) is 0 Å². The summed E-state index contributed by atoms with van der Waals surface area (Å²) in [6, 6.07) is 37.2. The van der Waals surface area contributed by atoms with Crippen LogP contribution in [0.15, 0.2) is 121 Å². The van der Waals surface area contributed by atoms with E-state index in [0.717, 1.165) is 92.9 Å². The number of unbranched alkanes of at least 4 members (excludes halogenated alkanes) is 26. The molecular formula is C77H116NO12P. The maximum Gasteiger partial charge on any atom is 0.475 e. The Morgan fingerprint density at radius 2 is 0.934 bits per heavy atom. The summed E-state index contributed by atoms with van der Waals surface area (Å²) in [5.41, 5.74) is 3.28. The van der Waals surface area contributed by atoms with Crippen molar-refractivity contribution in [2.24, 2.45) is 5.92 Å². The molecule has 4 aromatic rings. The van der Waals surface area contributed by atoms with Crippen LogP contribution in [0.3, 0.4) is 0 Å². The molecule has 1 N–H and O–H groups in total. The number of fused-ring (bicyclic) bond motifs is 1. The number of phosphoric ester groups is 1. The van der Waals surface area contributed by atoms with Crippen molar-refractivity contribution in [3.05, 3.63) is 144 Å². The van der Waals surface area contributed by atoms with E-state index in [4.69, 9.17) is 37.3 Å². The van der Waals surface area contributed by atoms with Gasteiger partial charge in [0.15, 0.2) is 12.4 Å². The lowest BCUT2D eigenvalue weighted by Gasteiger charge is -2.49. The van der Waals surface area contributed by atoms with Gasteiger partial charge in [-0.25, -0.2) is 4.57 Å². The zero-order chi connectivity index (χ0) is 64.2. The number of phosphoric acid groups is 1. The van der Waals surface area contributed by atoms with E-state index in [1.54, 1.807) is 0 Å². The van der Waals surface area contributed by atoms with Crippen LogP contribution < -0.4 is 5.32 Å². The first kappa shape index (κ1) is 75.3. The van der Waals surface area contributed by atoms with E-state index in [1.165, 1.54) is 116 Å². The molecule has 506 valence electrons. The molecule has 1 aliphatic carbocycles. The summed E-state index contributed by atoms with van der Waals surface area (Å²) >= 11 is 0. The molecule has 0 aromatic heterocycles. The molecule has 91 heavy (non-hydrogen) atoms. The Kier molecular flexibility index (Phi) is 38.4. The normalized spacial score (nSPS) is 18.9. The third kappa shape index (κ3) is 31.4. The smallest absolute Gasteiger partial charge is 0.462 e. The van der Waals surface area contributed by atoms with Crippen molar-refractivity contribution in [2.75, 3.05) is 6.61 Å². The fraction of sp³-hybridized carbons (Fsp3) is 0.649. The molecule has 0 spiro atoms. The predicted octanol–water partition coefficient (Wildman–Crippen LogP) is 20.3. The molecule has 2 aliphatic rings. The Labute approximate surface area is 548 Å². The van der Waals surface area contributed by atoms with Crippen molar-refractivity contribution in [1.82, 2.24) is 5.32 Å². The monoisotopic (exact) mass is 1280 g/mol. The lowest BCUT2D eigenvalue weighted by Crippen LogP contribution is -2.65. The van der Waals surface area contributed by atoms with Gasteiger partial charge in [-0.15, -0.1) is 0 Å². The lowest BCUT2D eigenvalue weighted by molar-refractivity contribution is -0.282. The topological polar surface area (TPSA) is 154 Å². The maximum absolute atomic E-state index is 15.5. The average Bonchev–Trinajstić information content (AvgIpc) is 0.778. The summed E-state index contributed by atoms with van der Waals surface area (Å²) in [5, 5.41) is 3.30. The van der Waals surface area contributed by atoms with Gasteiger partial charge in [-0.2, -0.15) is 0 Å². The summed E-state index contributed by atoms with van der Waals surface area (Å²) in [7, 11) is -4.52. The van der Waals surface area contributed by atoms with Gasteiger partial charge in [-0.05, 0) is 48.8 Å². The molecule has 6 unspecified atom stereocenters. The van der Waals surface area contributed by atoms with E-state index in [1.807, 2.05) is 121 Å². The zero-order valence-electron chi connectivity index (χ0n) is 56.1. The number of ether oxygens (including phenoxy) is 5. The van der Waals surface area contributed by atoms with Crippen LogP contribution in [-0.4, -0.2) is 61.0 Å². The van der Waals surface area contributed by atoms with Gasteiger partial charge in [0.1, 0.15) is 12.2 Å². The van der Waals surface area contributed by atoms with Gasteiger partial charge in [0, 0.05) is 17.9 Å². The maximum atomic E-state index is 15.5. The second-order valence-corrected chi connectivity index (χ2v) is 27.4. The summed E-state index contributed by atoms with van der Waals surface area (Å²) < 4.78 is 67.9. The first-order valence-corrected chi connectivity index (χ1v) is 37.4. The van der Waals surface area contributed by atoms with Crippen LogP contribution in [0.25, 0.3) is 0 Å². The largest absolute Gasteiger partial charge is 0.475 e. The first-order valence-electron chi connectivity index (χ1n) is 36.0. The van der Waals surface area contributed by atoms with Crippen LogP contribution in [0, 0.1) is 5.92 Å². The molecule has 6 rings (SSSR count). The number of carbonyl (C=O) groups is 3. The van der Waals surface area contributed by atoms with E-state index in [2.05, 4.69) is 26.1 Å². The van der Waals surface area contributed by atoms with Crippen LogP contribution in [0.1, 0.15) is 274 Å². The van der Waals surface area contributed by atoms with E-state index in [-0.39, 0.29) is 57.4 Å². The molecule has 8 atom stereocenters. The average molecular weight is 1280 g/mol. The van der Waals surface area contributed by atoms with Gasteiger partial charge in [0.25, 0.3) is 0 Å². The van der Waals surface area contributed by atoms with Crippen LogP contribution in [0.4, 0.5) is 0 Å². The third-order valence-corrected chi connectivity index (χ3v) is 19.3. The first-order chi connectivity index (χ1) is 44.6. The van der Waals surface area contributed by atoms with Crippen molar-refractivity contribution < 1.29 is 56.2 Å². The van der Waals surface area contributed by atoms with Gasteiger partial charge in [-0.3, -0.25) is 28.0 Å². The van der Waals surface area contributed by atoms with Gasteiger partial charge in [0.2, 0.25) is 5.91 Å².